The van der Waals surface area contributed by atoms with Crippen LogP contribution in [0.4, 0.5) is 19.3 Å². The highest BCUT2D eigenvalue weighted by atomic mass is 19.1. The molecule has 47 heavy (non-hydrogen) atoms. The highest BCUT2D eigenvalue weighted by Crippen LogP contribution is 2.39. The van der Waals surface area contributed by atoms with Crippen LogP contribution < -0.4 is 15.2 Å². The first kappa shape index (κ1) is 31.9. The standard InChI is InChI=1S/C35H36F2N6O4/c1-20(2)28-30-21(11-12-39-28)8-7-17-46-26-10-6-9-24(36)27(26)29-25(37)18-22-31(23(19-38)33(44)43(30)32(22)40-29)41-13-15-42(16-14-41)34(45)47-35(3,4)5/h6,9-12,18,20H,7-8,13-17H2,1-5H3. The molecule has 2 aliphatic heterocycles. The highest BCUT2D eigenvalue weighted by molar-refractivity contribution is 5.95. The molecule has 4 aromatic rings. The number of carbonyl (C=O) groups excluding carboxylic acids is 1. The summed E-state index contributed by atoms with van der Waals surface area (Å²) in [6, 6.07) is 9.37. The highest BCUT2D eigenvalue weighted by Gasteiger charge is 2.32. The fourth-order valence-electron chi connectivity index (χ4n) is 6.21. The maximum Gasteiger partial charge on any atom is 0.410 e. The van der Waals surface area contributed by atoms with E-state index in [1.54, 1.807) is 42.8 Å². The van der Waals surface area contributed by atoms with Crippen LogP contribution in [0.3, 0.4) is 0 Å². The molecule has 1 aromatic carbocycles. The summed E-state index contributed by atoms with van der Waals surface area (Å²) in [7, 11) is 0. The van der Waals surface area contributed by atoms with Crippen molar-refractivity contribution in [1.29, 1.82) is 5.26 Å². The van der Waals surface area contributed by atoms with Gasteiger partial charge < -0.3 is 19.3 Å². The number of ether oxygens (including phenoxy) is 2. The zero-order valence-corrected chi connectivity index (χ0v) is 27.1. The van der Waals surface area contributed by atoms with E-state index >= 15 is 8.78 Å². The second kappa shape index (κ2) is 12.3. The largest absolute Gasteiger partial charge is 0.493 e. The fourth-order valence-corrected chi connectivity index (χ4v) is 6.21. The monoisotopic (exact) mass is 642 g/mol. The molecule has 1 fully saturated rings. The first-order valence-electron chi connectivity index (χ1n) is 15.7. The van der Waals surface area contributed by atoms with Gasteiger partial charge in [0.2, 0.25) is 0 Å². The third-order valence-corrected chi connectivity index (χ3v) is 8.30. The Morgan fingerprint density at radius 3 is 2.51 bits per heavy atom. The van der Waals surface area contributed by atoms with Gasteiger partial charge in [0.15, 0.2) is 11.5 Å². The number of amides is 1. The normalized spacial score (nSPS) is 15.0. The third-order valence-electron chi connectivity index (χ3n) is 8.30. The van der Waals surface area contributed by atoms with Crippen LogP contribution in [0.15, 0.2) is 41.3 Å². The number of pyridine rings is 3. The molecule has 0 radical (unpaired) electrons. The third kappa shape index (κ3) is 5.86. The van der Waals surface area contributed by atoms with Crippen molar-refractivity contribution in [1.82, 2.24) is 19.4 Å². The fraction of sp³-hybridized carbons (Fsp3) is 0.400. The summed E-state index contributed by atoms with van der Waals surface area (Å²) in [5.41, 5.74) is 0.135. The minimum atomic E-state index is -0.845. The number of rotatable bonds is 2. The SMILES string of the molecule is CC(C)c1nccc2c1-n1c(=O)c(C#N)c(N3CCN(C(=O)OC(C)(C)C)CC3)c3cc(F)c(nc31)-c1c(F)cccc1OCCC2. The molecule has 2 aliphatic rings. The number of aromatic nitrogens is 3. The number of benzene rings is 1. The maximum absolute atomic E-state index is 16.3. The molecular weight excluding hydrogens is 606 g/mol. The van der Waals surface area contributed by atoms with Gasteiger partial charge in [0.05, 0.1) is 29.2 Å². The molecule has 244 valence electrons. The van der Waals surface area contributed by atoms with Gasteiger partial charge in [-0.2, -0.15) is 5.26 Å². The average molecular weight is 643 g/mol. The van der Waals surface area contributed by atoms with E-state index in [0.717, 1.165) is 5.56 Å². The van der Waals surface area contributed by atoms with Gasteiger partial charge in [-0.3, -0.25) is 14.3 Å². The van der Waals surface area contributed by atoms with Crippen molar-refractivity contribution in [3.63, 3.8) is 0 Å². The lowest BCUT2D eigenvalue weighted by molar-refractivity contribution is 0.0240. The van der Waals surface area contributed by atoms with Crippen molar-refractivity contribution in [2.45, 2.75) is 59.0 Å². The minimum absolute atomic E-state index is 0.0564. The number of fused-ring (bicyclic) bond motifs is 5. The second-order valence-electron chi connectivity index (χ2n) is 13.0. The number of aryl methyl sites for hydroxylation is 1. The molecule has 0 unspecified atom stereocenters. The molecule has 2 bridgehead atoms. The van der Waals surface area contributed by atoms with E-state index in [2.05, 4.69) is 16.0 Å². The van der Waals surface area contributed by atoms with Crippen LogP contribution >= 0.6 is 0 Å². The number of hydrogen-bond donors (Lipinski definition) is 0. The van der Waals surface area contributed by atoms with Gasteiger partial charge in [0.1, 0.15) is 34.5 Å². The van der Waals surface area contributed by atoms with Crippen LogP contribution in [-0.4, -0.2) is 63.9 Å². The first-order valence-corrected chi connectivity index (χ1v) is 15.7. The molecule has 10 nitrogen and oxygen atoms in total. The van der Waals surface area contributed by atoms with Crippen molar-refractivity contribution < 1.29 is 23.0 Å². The zero-order chi connectivity index (χ0) is 33.6. The van der Waals surface area contributed by atoms with Gasteiger partial charge in [-0.05, 0) is 69.4 Å². The van der Waals surface area contributed by atoms with Crippen LogP contribution in [0.1, 0.15) is 63.8 Å². The van der Waals surface area contributed by atoms with Gasteiger partial charge in [-0.25, -0.2) is 18.6 Å². The van der Waals surface area contributed by atoms with Crippen molar-refractivity contribution in [2.24, 2.45) is 0 Å². The second-order valence-corrected chi connectivity index (χ2v) is 13.0. The van der Waals surface area contributed by atoms with Crippen LogP contribution in [0, 0.1) is 23.0 Å². The Morgan fingerprint density at radius 1 is 1.09 bits per heavy atom. The smallest absolute Gasteiger partial charge is 0.410 e. The summed E-state index contributed by atoms with van der Waals surface area (Å²) in [5, 5.41) is 10.7. The van der Waals surface area contributed by atoms with Crippen molar-refractivity contribution >= 4 is 22.8 Å². The Balaban J connectivity index is 1.64. The molecule has 0 N–H and O–H groups in total. The Labute approximate surface area is 271 Å². The lowest BCUT2D eigenvalue weighted by atomic mass is 9.99. The molecule has 1 saturated heterocycles. The Bertz CT molecular complexity index is 1990. The van der Waals surface area contributed by atoms with E-state index < -0.39 is 28.9 Å². The molecule has 6 rings (SSSR count). The Morgan fingerprint density at radius 2 is 1.83 bits per heavy atom. The van der Waals surface area contributed by atoms with E-state index in [0.29, 0.717) is 24.2 Å². The summed E-state index contributed by atoms with van der Waals surface area (Å²) in [4.78, 5) is 40.0. The van der Waals surface area contributed by atoms with Crippen LogP contribution in [0.25, 0.3) is 28.0 Å². The number of nitriles is 1. The van der Waals surface area contributed by atoms with E-state index in [1.165, 1.54) is 22.8 Å². The summed E-state index contributed by atoms with van der Waals surface area (Å²) in [6.45, 7) is 10.5. The lowest BCUT2D eigenvalue weighted by Crippen LogP contribution is -2.50. The van der Waals surface area contributed by atoms with Crippen LogP contribution in [0.2, 0.25) is 0 Å². The topological polar surface area (TPSA) is 114 Å². The molecule has 12 heteroatoms. The predicted octanol–water partition coefficient (Wildman–Crippen LogP) is 6.10. The van der Waals surface area contributed by atoms with Crippen LogP contribution in [-0.2, 0) is 11.2 Å². The number of anilines is 1. The summed E-state index contributed by atoms with van der Waals surface area (Å²) >= 11 is 0. The van der Waals surface area contributed by atoms with E-state index in [-0.39, 0.29) is 78.0 Å². The van der Waals surface area contributed by atoms with Gasteiger partial charge in [0.25, 0.3) is 5.56 Å². The zero-order valence-electron chi connectivity index (χ0n) is 27.1. The van der Waals surface area contributed by atoms with Crippen molar-refractivity contribution in [2.75, 3.05) is 37.7 Å². The predicted molar refractivity (Wildman–Crippen MR) is 173 cm³/mol. The van der Waals surface area contributed by atoms with Gasteiger partial charge in [-0.15, -0.1) is 0 Å². The van der Waals surface area contributed by atoms with Crippen molar-refractivity contribution in [3.8, 4) is 28.8 Å². The molecule has 1 amide bonds. The van der Waals surface area contributed by atoms with Gasteiger partial charge >= 0.3 is 6.09 Å². The van der Waals surface area contributed by atoms with Gasteiger partial charge in [0, 0.05) is 37.8 Å². The lowest BCUT2D eigenvalue weighted by Gasteiger charge is -2.37. The maximum atomic E-state index is 16.3. The van der Waals surface area contributed by atoms with E-state index in [1.807, 2.05) is 19.9 Å². The molecule has 0 aliphatic carbocycles. The molecule has 0 saturated carbocycles. The van der Waals surface area contributed by atoms with Crippen LogP contribution in [0.5, 0.6) is 5.75 Å². The summed E-state index contributed by atoms with van der Waals surface area (Å²) in [6.07, 6.45) is 2.21. The van der Waals surface area contributed by atoms with E-state index in [4.69, 9.17) is 9.47 Å². The van der Waals surface area contributed by atoms with Crippen molar-refractivity contribution in [3.05, 3.63) is 75.3 Å². The Kier molecular flexibility index (Phi) is 8.34. The molecule has 5 heterocycles. The summed E-state index contributed by atoms with van der Waals surface area (Å²) < 4.78 is 44.6. The number of hydrogen-bond acceptors (Lipinski definition) is 8. The quantitative estimate of drug-likeness (QED) is 0.258. The Hall–Kier alpha value is -5.05. The van der Waals surface area contributed by atoms with Gasteiger partial charge in [-0.1, -0.05) is 19.9 Å². The molecular formula is C35H36F2N6O4. The number of nitrogens with zero attached hydrogens (tertiary/aromatic N) is 6. The first-order chi connectivity index (χ1) is 22.4. The average Bonchev–Trinajstić information content (AvgIpc) is 3.01. The minimum Gasteiger partial charge on any atom is -0.493 e. The molecule has 3 aromatic heterocycles. The molecule has 0 atom stereocenters. The number of halogens is 2. The summed E-state index contributed by atoms with van der Waals surface area (Å²) in [5.74, 6) is -1.56. The molecule has 0 spiro atoms. The number of piperazine rings is 1. The number of carbonyl (C=O) groups is 1. The van der Waals surface area contributed by atoms with E-state index in [9.17, 15) is 14.9 Å².